The first-order valence-electron chi connectivity index (χ1n) is 11.6. The minimum Gasteiger partial charge on any atom is -0.428 e. The lowest BCUT2D eigenvalue weighted by molar-refractivity contribution is -0.162. The van der Waals surface area contributed by atoms with Crippen LogP contribution in [0.4, 0.5) is 0 Å². The molecule has 0 bridgehead atoms. The summed E-state index contributed by atoms with van der Waals surface area (Å²) in [6.07, 6.45) is 16.2. The molecular formula is C27H40O5. The van der Waals surface area contributed by atoms with Crippen LogP contribution in [0.25, 0.3) is 0 Å². The van der Waals surface area contributed by atoms with Gasteiger partial charge in [-0.2, -0.15) is 0 Å². The van der Waals surface area contributed by atoms with Gasteiger partial charge in [-0.05, 0) is 78.2 Å². The van der Waals surface area contributed by atoms with Gasteiger partial charge < -0.3 is 18.9 Å². The molecule has 5 nitrogen and oxygen atoms in total. The van der Waals surface area contributed by atoms with Crippen molar-refractivity contribution in [2.45, 2.75) is 91.3 Å². The van der Waals surface area contributed by atoms with E-state index in [9.17, 15) is 4.79 Å². The lowest BCUT2D eigenvalue weighted by atomic mass is 9.98. The molecule has 0 saturated carbocycles. The Bertz CT molecular complexity index is 780. The Labute approximate surface area is 193 Å². The van der Waals surface area contributed by atoms with Gasteiger partial charge in [-0.1, -0.05) is 41.0 Å². The molecular weight excluding hydrogens is 404 g/mol. The smallest absolute Gasteiger partial charge is 0.333 e. The van der Waals surface area contributed by atoms with Crippen molar-refractivity contribution < 1.29 is 23.7 Å². The summed E-state index contributed by atoms with van der Waals surface area (Å²) < 4.78 is 22.0. The van der Waals surface area contributed by atoms with Gasteiger partial charge in [0.05, 0.1) is 6.10 Å². The SMILES string of the molecule is CO[C@@H]1O[C@@H](C2=CC(=O)O[C@H]2OC)CC=C1CC/C=C(\C)CC/C=C(\C)CCC=C(C)C. The van der Waals surface area contributed by atoms with Gasteiger partial charge in [-0.15, -0.1) is 0 Å². The first-order valence-corrected chi connectivity index (χ1v) is 11.6. The van der Waals surface area contributed by atoms with E-state index < -0.39 is 18.5 Å². The van der Waals surface area contributed by atoms with Crippen molar-refractivity contribution in [2.24, 2.45) is 0 Å². The van der Waals surface area contributed by atoms with Crippen LogP contribution in [0, 0.1) is 0 Å². The third kappa shape index (κ3) is 8.53. The highest BCUT2D eigenvalue weighted by Crippen LogP contribution is 2.31. The first-order chi connectivity index (χ1) is 15.3. The minimum atomic E-state index is -0.671. The van der Waals surface area contributed by atoms with Crippen molar-refractivity contribution in [3.63, 3.8) is 0 Å². The van der Waals surface area contributed by atoms with Crippen LogP contribution in [-0.2, 0) is 23.7 Å². The summed E-state index contributed by atoms with van der Waals surface area (Å²) in [5.74, 6) is -0.391. The van der Waals surface area contributed by atoms with E-state index >= 15 is 0 Å². The van der Waals surface area contributed by atoms with Crippen LogP contribution < -0.4 is 0 Å². The molecule has 0 aromatic carbocycles. The van der Waals surface area contributed by atoms with E-state index in [0.29, 0.717) is 6.42 Å². The molecule has 0 radical (unpaired) electrons. The number of carbonyl (C=O) groups is 1. The molecule has 2 aliphatic rings. The fourth-order valence-electron chi connectivity index (χ4n) is 3.95. The second-order valence-corrected chi connectivity index (χ2v) is 8.85. The molecule has 0 spiro atoms. The maximum absolute atomic E-state index is 11.6. The normalized spacial score (nSPS) is 24.2. The number of hydrogen-bond donors (Lipinski definition) is 0. The number of esters is 1. The minimum absolute atomic E-state index is 0.274. The molecule has 3 atom stereocenters. The first kappa shape index (κ1) is 26.3. The quantitative estimate of drug-likeness (QED) is 0.260. The monoisotopic (exact) mass is 444 g/mol. The standard InChI is InChI=1S/C27H40O5/c1-19(2)10-7-11-20(3)12-8-13-21(4)14-9-15-22-16-17-24(31-26(22)29-5)23-18-25(28)32-27(23)30-6/h10,12,14,16,18,24,26-27H,7-9,11,13,15,17H2,1-6H3/b20-12+,21-14+/t24-,26-,27-/m1/s1. The molecule has 0 aromatic heterocycles. The fraction of sp³-hybridized carbons (Fsp3) is 0.593. The lowest BCUT2D eigenvalue weighted by Gasteiger charge is -2.31. The summed E-state index contributed by atoms with van der Waals surface area (Å²) in [6.45, 7) is 8.73. The Hall–Kier alpha value is -1.95. The van der Waals surface area contributed by atoms with E-state index in [1.54, 1.807) is 7.11 Å². The Morgan fingerprint density at radius 2 is 1.59 bits per heavy atom. The molecule has 178 valence electrons. The summed E-state index contributed by atoms with van der Waals surface area (Å²) in [4.78, 5) is 11.6. The van der Waals surface area contributed by atoms with Crippen LogP contribution in [-0.4, -0.2) is 38.9 Å². The zero-order valence-electron chi connectivity index (χ0n) is 20.6. The summed E-state index contributed by atoms with van der Waals surface area (Å²) in [7, 11) is 3.16. The van der Waals surface area contributed by atoms with E-state index in [1.807, 2.05) is 0 Å². The van der Waals surface area contributed by atoms with Gasteiger partial charge in [0.1, 0.15) is 0 Å². The zero-order chi connectivity index (χ0) is 23.5. The third-order valence-electron chi connectivity index (χ3n) is 5.81. The molecule has 0 fully saturated rings. The van der Waals surface area contributed by atoms with Crippen LogP contribution in [0.15, 0.2) is 58.2 Å². The molecule has 2 heterocycles. The molecule has 2 aliphatic heterocycles. The highest BCUT2D eigenvalue weighted by Gasteiger charge is 2.35. The van der Waals surface area contributed by atoms with Gasteiger partial charge >= 0.3 is 5.97 Å². The van der Waals surface area contributed by atoms with Crippen molar-refractivity contribution >= 4 is 5.97 Å². The van der Waals surface area contributed by atoms with Gasteiger partial charge in [0, 0.05) is 25.9 Å². The summed E-state index contributed by atoms with van der Waals surface area (Å²) >= 11 is 0. The Morgan fingerprint density at radius 1 is 0.969 bits per heavy atom. The van der Waals surface area contributed by atoms with E-state index in [1.165, 1.54) is 29.9 Å². The van der Waals surface area contributed by atoms with Gasteiger partial charge in [0.2, 0.25) is 6.29 Å². The van der Waals surface area contributed by atoms with E-state index in [2.05, 4.69) is 52.0 Å². The van der Waals surface area contributed by atoms with Crippen LogP contribution in [0.5, 0.6) is 0 Å². The number of rotatable bonds is 12. The molecule has 0 saturated heterocycles. The van der Waals surface area contributed by atoms with Crippen molar-refractivity contribution in [1.29, 1.82) is 0 Å². The molecule has 0 N–H and O–H groups in total. The molecule has 0 aromatic rings. The maximum atomic E-state index is 11.6. The highest BCUT2D eigenvalue weighted by atomic mass is 16.7. The van der Waals surface area contributed by atoms with E-state index in [0.717, 1.165) is 49.7 Å². The fourth-order valence-corrected chi connectivity index (χ4v) is 3.95. The highest BCUT2D eigenvalue weighted by molar-refractivity contribution is 5.85. The number of carbonyl (C=O) groups excluding carboxylic acids is 1. The predicted octanol–water partition coefficient (Wildman–Crippen LogP) is 6.33. The summed E-state index contributed by atoms with van der Waals surface area (Å²) in [6, 6.07) is 0. The topological polar surface area (TPSA) is 54.0 Å². The van der Waals surface area contributed by atoms with Crippen molar-refractivity contribution in [2.75, 3.05) is 14.2 Å². The van der Waals surface area contributed by atoms with Gasteiger partial charge in [0.25, 0.3) is 0 Å². The van der Waals surface area contributed by atoms with Crippen LogP contribution in [0.3, 0.4) is 0 Å². The average molecular weight is 445 g/mol. The largest absolute Gasteiger partial charge is 0.428 e. The second-order valence-electron chi connectivity index (χ2n) is 8.85. The van der Waals surface area contributed by atoms with Crippen LogP contribution >= 0.6 is 0 Å². The summed E-state index contributed by atoms with van der Waals surface area (Å²) in [5, 5.41) is 0. The Balaban J connectivity index is 1.80. The van der Waals surface area contributed by atoms with Gasteiger partial charge in [-0.25, -0.2) is 4.79 Å². The Kier molecular flexibility index (Phi) is 11.1. The Morgan fingerprint density at radius 3 is 2.22 bits per heavy atom. The molecule has 0 unspecified atom stereocenters. The van der Waals surface area contributed by atoms with Crippen molar-refractivity contribution in [1.82, 2.24) is 0 Å². The van der Waals surface area contributed by atoms with E-state index in [-0.39, 0.29) is 6.10 Å². The zero-order valence-corrected chi connectivity index (χ0v) is 20.6. The van der Waals surface area contributed by atoms with Crippen molar-refractivity contribution in [3.05, 3.63) is 58.2 Å². The van der Waals surface area contributed by atoms with E-state index in [4.69, 9.17) is 18.9 Å². The van der Waals surface area contributed by atoms with Crippen molar-refractivity contribution in [3.8, 4) is 0 Å². The number of ether oxygens (including phenoxy) is 4. The average Bonchev–Trinajstić information content (AvgIpc) is 3.14. The molecule has 32 heavy (non-hydrogen) atoms. The number of methoxy groups -OCH3 is 2. The number of hydrogen-bond acceptors (Lipinski definition) is 5. The molecule has 5 heteroatoms. The number of allylic oxidation sites excluding steroid dienone is 6. The summed E-state index contributed by atoms with van der Waals surface area (Å²) in [5.41, 5.74) is 6.13. The lowest BCUT2D eigenvalue weighted by Crippen LogP contribution is -2.33. The second kappa shape index (κ2) is 13.6. The van der Waals surface area contributed by atoms with Crippen LogP contribution in [0.1, 0.15) is 72.6 Å². The maximum Gasteiger partial charge on any atom is 0.333 e. The van der Waals surface area contributed by atoms with Crippen LogP contribution in [0.2, 0.25) is 0 Å². The third-order valence-corrected chi connectivity index (χ3v) is 5.81. The predicted molar refractivity (Wildman–Crippen MR) is 128 cm³/mol. The van der Waals surface area contributed by atoms with Gasteiger partial charge in [-0.3, -0.25) is 0 Å². The number of cyclic esters (lactones) is 1. The molecule has 0 amide bonds. The molecule has 0 aliphatic carbocycles. The van der Waals surface area contributed by atoms with Gasteiger partial charge in [0.15, 0.2) is 6.29 Å². The molecule has 2 rings (SSSR count).